The third kappa shape index (κ3) is 1.48. The van der Waals surface area contributed by atoms with Crippen LogP contribution in [0.4, 0.5) is 0 Å². The fourth-order valence-corrected chi connectivity index (χ4v) is 1.47. The highest BCUT2D eigenvalue weighted by molar-refractivity contribution is 5.70. The number of carboxylic acid groups (broad SMARTS) is 1. The van der Waals surface area contributed by atoms with Gasteiger partial charge in [-0.25, -0.2) is 0 Å². The third-order valence-electron chi connectivity index (χ3n) is 2.14. The van der Waals surface area contributed by atoms with Crippen LogP contribution in [0.3, 0.4) is 0 Å². The van der Waals surface area contributed by atoms with E-state index in [4.69, 9.17) is 10.8 Å². The van der Waals surface area contributed by atoms with Crippen molar-refractivity contribution in [2.24, 2.45) is 11.7 Å². The van der Waals surface area contributed by atoms with Crippen LogP contribution in [0.5, 0.6) is 0 Å². The first kappa shape index (κ1) is 7.54. The number of carboxylic acids is 1. The summed E-state index contributed by atoms with van der Waals surface area (Å²) in [6, 6.07) is -0.105. The zero-order valence-corrected chi connectivity index (χ0v) is 5.92. The van der Waals surface area contributed by atoms with Crippen LogP contribution in [0.1, 0.15) is 25.7 Å². The fourth-order valence-electron chi connectivity index (χ4n) is 1.47. The predicted molar refractivity (Wildman–Crippen MR) is 37.6 cm³/mol. The minimum Gasteiger partial charge on any atom is -0.481 e. The second kappa shape index (κ2) is 3.01. The Morgan fingerprint density at radius 3 is 2.40 bits per heavy atom. The Morgan fingerprint density at radius 1 is 1.40 bits per heavy atom. The molecule has 0 spiro atoms. The molecule has 0 aliphatic heterocycles. The molecule has 0 heterocycles. The Balaban J connectivity index is 2.47. The predicted octanol–water partition coefficient (Wildman–Crippen LogP) is 0.588. The van der Waals surface area contributed by atoms with Crippen molar-refractivity contribution in [3.8, 4) is 0 Å². The van der Waals surface area contributed by atoms with Crippen molar-refractivity contribution in [1.29, 1.82) is 0 Å². The fraction of sp³-hybridized carbons (Fsp3) is 0.857. The van der Waals surface area contributed by atoms with E-state index in [1.165, 1.54) is 0 Å². The van der Waals surface area contributed by atoms with Crippen LogP contribution in [0.2, 0.25) is 0 Å². The summed E-state index contributed by atoms with van der Waals surface area (Å²) in [6.07, 6.45) is 3.74. The van der Waals surface area contributed by atoms with Crippen LogP contribution in [-0.2, 0) is 4.79 Å². The molecule has 0 radical (unpaired) electrons. The molecule has 0 aromatic rings. The molecule has 58 valence electrons. The maximum absolute atomic E-state index is 10.5. The van der Waals surface area contributed by atoms with Crippen molar-refractivity contribution < 1.29 is 9.90 Å². The van der Waals surface area contributed by atoms with Gasteiger partial charge in [0, 0.05) is 6.04 Å². The first-order valence-electron chi connectivity index (χ1n) is 3.70. The molecule has 1 aliphatic rings. The lowest BCUT2D eigenvalue weighted by molar-refractivity contribution is -0.143. The smallest absolute Gasteiger partial charge is 0.308 e. The first-order valence-corrected chi connectivity index (χ1v) is 3.70. The minimum absolute atomic E-state index is 0.105. The Hall–Kier alpha value is -0.570. The molecule has 1 saturated carbocycles. The Bertz CT molecular complexity index is 136. The second-order valence-electron chi connectivity index (χ2n) is 2.89. The molecule has 1 rings (SSSR count). The van der Waals surface area contributed by atoms with E-state index in [0.29, 0.717) is 0 Å². The molecule has 3 N–H and O–H groups in total. The van der Waals surface area contributed by atoms with Gasteiger partial charge in [-0.2, -0.15) is 0 Å². The Kier molecular flexibility index (Phi) is 2.27. The van der Waals surface area contributed by atoms with Gasteiger partial charge in [-0.3, -0.25) is 4.79 Å². The molecule has 1 aliphatic carbocycles. The van der Waals surface area contributed by atoms with Crippen molar-refractivity contribution in [3.63, 3.8) is 0 Å². The largest absolute Gasteiger partial charge is 0.481 e. The molecule has 1 fully saturated rings. The van der Waals surface area contributed by atoms with Crippen molar-refractivity contribution in [2.45, 2.75) is 31.7 Å². The van der Waals surface area contributed by atoms with Gasteiger partial charge in [-0.15, -0.1) is 0 Å². The summed E-state index contributed by atoms with van der Waals surface area (Å²) in [6.45, 7) is 0. The normalized spacial score (nSPS) is 33.7. The number of rotatable bonds is 1. The van der Waals surface area contributed by atoms with E-state index in [2.05, 4.69) is 0 Å². The highest BCUT2D eigenvalue weighted by atomic mass is 16.4. The lowest BCUT2D eigenvalue weighted by Gasteiger charge is -2.24. The molecule has 0 amide bonds. The highest BCUT2D eigenvalue weighted by Gasteiger charge is 2.27. The van der Waals surface area contributed by atoms with E-state index in [1.54, 1.807) is 0 Å². The topological polar surface area (TPSA) is 63.3 Å². The molecular formula is C7H13NO2. The Morgan fingerprint density at radius 2 is 2.00 bits per heavy atom. The molecule has 2 unspecified atom stereocenters. The standard InChI is InChI=1S/C7H13NO2/c8-6-4-2-1-3-5(6)7(9)10/h5-6H,1-4,8H2,(H,9,10). The summed E-state index contributed by atoms with van der Waals surface area (Å²) >= 11 is 0. The summed E-state index contributed by atoms with van der Waals surface area (Å²) in [7, 11) is 0. The van der Waals surface area contributed by atoms with E-state index in [-0.39, 0.29) is 12.0 Å². The summed E-state index contributed by atoms with van der Waals surface area (Å²) in [5.74, 6) is -1.01. The van der Waals surface area contributed by atoms with Crippen LogP contribution in [0.25, 0.3) is 0 Å². The van der Waals surface area contributed by atoms with Crippen molar-refractivity contribution in [3.05, 3.63) is 0 Å². The summed E-state index contributed by atoms with van der Waals surface area (Å²) in [4.78, 5) is 10.5. The zero-order valence-electron chi connectivity index (χ0n) is 5.92. The number of aliphatic carboxylic acids is 1. The zero-order chi connectivity index (χ0) is 7.56. The molecule has 0 bridgehead atoms. The third-order valence-corrected chi connectivity index (χ3v) is 2.14. The van der Waals surface area contributed by atoms with E-state index in [0.717, 1.165) is 25.7 Å². The monoisotopic (exact) mass is 143 g/mol. The van der Waals surface area contributed by atoms with Crippen LogP contribution in [0, 0.1) is 5.92 Å². The molecule has 2 atom stereocenters. The highest BCUT2D eigenvalue weighted by Crippen LogP contribution is 2.22. The van der Waals surface area contributed by atoms with Crippen LogP contribution < -0.4 is 5.73 Å². The van der Waals surface area contributed by atoms with E-state index < -0.39 is 5.97 Å². The van der Waals surface area contributed by atoms with Crippen LogP contribution in [0.15, 0.2) is 0 Å². The van der Waals surface area contributed by atoms with Gasteiger partial charge in [0.05, 0.1) is 5.92 Å². The van der Waals surface area contributed by atoms with E-state index in [9.17, 15) is 4.79 Å². The number of hydrogen-bond donors (Lipinski definition) is 2. The molecule has 10 heavy (non-hydrogen) atoms. The van der Waals surface area contributed by atoms with Gasteiger partial charge in [-0.1, -0.05) is 12.8 Å². The van der Waals surface area contributed by atoms with Crippen LogP contribution in [-0.4, -0.2) is 17.1 Å². The quantitative estimate of drug-likeness (QED) is 0.564. The summed E-state index contributed by atoms with van der Waals surface area (Å²) in [5.41, 5.74) is 5.60. The van der Waals surface area contributed by atoms with Gasteiger partial charge in [0.15, 0.2) is 0 Å². The summed E-state index contributed by atoms with van der Waals surface area (Å²) < 4.78 is 0. The number of hydrogen-bond acceptors (Lipinski definition) is 2. The van der Waals surface area contributed by atoms with Crippen LogP contribution >= 0.6 is 0 Å². The van der Waals surface area contributed by atoms with Crippen molar-refractivity contribution >= 4 is 5.97 Å². The van der Waals surface area contributed by atoms with Gasteiger partial charge < -0.3 is 10.8 Å². The van der Waals surface area contributed by atoms with E-state index >= 15 is 0 Å². The SMILES string of the molecule is NC1CCCCC1C(=O)O. The molecule has 0 aromatic carbocycles. The minimum atomic E-state index is -0.729. The number of carbonyl (C=O) groups is 1. The van der Waals surface area contributed by atoms with Crippen molar-refractivity contribution in [1.82, 2.24) is 0 Å². The molecule has 3 heteroatoms. The summed E-state index contributed by atoms with van der Waals surface area (Å²) in [5, 5.41) is 8.63. The van der Waals surface area contributed by atoms with Gasteiger partial charge >= 0.3 is 5.97 Å². The van der Waals surface area contributed by atoms with Gasteiger partial charge in [0.25, 0.3) is 0 Å². The lowest BCUT2D eigenvalue weighted by atomic mass is 9.85. The number of nitrogens with two attached hydrogens (primary N) is 1. The first-order chi connectivity index (χ1) is 4.72. The molecule has 0 aromatic heterocycles. The van der Waals surface area contributed by atoms with Crippen molar-refractivity contribution in [2.75, 3.05) is 0 Å². The molecule has 0 saturated heterocycles. The van der Waals surface area contributed by atoms with Gasteiger partial charge in [-0.05, 0) is 12.8 Å². The maximum atomic E-state index is 10.5. The molecule has 3 nitrogen and oxygen atoms in total. The Labute approximate surface area is 60.2 Å². The molecular weight excluding hydrogens is 130 g/mol. The average Bonchev–Trinajstić information content (AvgIpc) is 1.88. The lowest BCUT2D eigenvalue weighted by Crippen LogP contribution is -2.37. The van der Waals surface area contributed by atoms with Gasteiger partial charge in [0.1, 0.15) is 0 Å². The van der Waals surface area contributed by atoms with E-state index in [1.807, 2.05) is 0 Å². The van der Waals surface area contributed by atoms with Gasteiger partial charge in [0.2, 0.25) is 0 Å². The average molecular weight is 143 g/mol. The second-order valence-corrected chi connectivity index (χ2v) is 2.89. The maximum Gasteiger partial charge on any atom is 0.308 e.